The van der Waals surface area contributed by atoms with E-state index in [2.05, 4.69) is 68.9 Å². The van der Waals surface area contributed by atoms with Crippen molar-refractivity contribution in [1.82, 2.24) is 0 Å². The molecule has 0 radical (unpaired) electrons. The molecular weight excluding hydrogens is 422 g/mol. The van der Waals surface area contributed by atoms with Crippen LogP contribution in [0.4, 0.5) is 0 Å². The van der Waals surface area contributed by atoms with Crippen molar-refractivity contribution in [2.75, 3.05) is 0 Å². The molecule has 2 heteroatoms. The van der Waals surface area contributed by atoms with Crippen LogP contribution in [0.5, 0.6) is 0 Å². The van der Waals surface area contributed by atoms with E-state index in [1.807, 2.05) is 0 Å². The Labute approximate surface area is 113 Å². The van der Waals surface area contributed by atoms with Crippen LogP contribution in [0, 0.1) is 21.0 Å². The van der Waals surface area contributed by atoms with Crippen molar-refractivity contribution in [2.24, 2.45) is 0 Å². The van der Waals surface area contributed by atoms with E-state index in [-0.39, 0.29) is 0 Å². The molecule has 0 amide bonds. The summed E-state index contributed by atoms with van der Waals surface area (Å²) in [5.41, 5.74) is 5.75. The molecule has 0 saturated carbocycles. The van der Waals surface area contributed by atoms with Gasteiger partial charge in [-0.3, -0.25) is 0 Å². The van der Waals surface area contributed by atoms with E-state index in [4.69, 9.17) is 0 Å². The van der Waals surface area contributed by atoms with Crippen LogP contribution in [0.2, 0.25) is 0 Å². The maximum absolute atomic E-state index is 2.70. The molecule has 0 spiro atoms. The molecule has 0 saturated heterocycles. The van der Waals surface area contributed by atoms with E-state index in [9.17, 15) is 0 Å². The van der Waals surface area contributed by atoms with E-state index in [0.717, 1.165) is 0 Å². The van der Waals surface area contributed by atoms with Crippen molar-refractivity contribution in [3.63, 3.8) is 0 Å². The summed E-state index contributed by atoms with van der Waals surface area (Å²) < 4.78 is 3.26. The molecule has 0 unspecified atom stereocenters. The van der Waals surface area contributed by atoms with Gasteiger partial charge in [-0.15, -0.1) is 0 Å². The van der Waals surface area contributed by atoms with Crippen molar-refractivity contribution in [1.29, 1.82) is 0 Å². The Hall–Kier alpha value is -0.100. The van der Waals surface area contributed by atoms with Gasteiger partial charge in [0.05, 0.1) is 0 Å². The summed E-state index contributed by atoms with van der Waals surface area (Å²) >= 11 is 1.59. The van der Waals surface area contributed by atoms with Gasteiger partial charge >= 0.3 is 114 Å². The van der Waals surface area contributed by atoms with Gasteiger partial charge in [-0.1, -0.05) is 0 Å². The summed E-state index contributed by atoms with van der Waals surface area (Å²) in [6, 6.07) is 13.8. The maximum atomic E-state index is 2.70. The van der Waals surface area contributed by atoms with Gasteiger partial charge in [0.25, 0.3) is 0 Å². The number of hydrogen-bond acceptors (Lipinski definition) is 0. The number of fused-ring (bicyclic) bond motifs is 3. The van der Waals surface area contributed by atoms with Gasteiger partial charge < -0.3 is 0 Å². The van der Waals surface area contributed by atoms with Crippen LogP contribution in [0.1, 0.15) is 11.1 Å². The summed E-state index contributed by atoms with van der Waals surface area (Å²) in [5, 5.41) is 0. The van der Waals surface area contributed by atoms with Crippen LogP contribution < -0.4 is 0 Å². The molecule has 2 aromatic carbocycles. The minimum absolute atomic E-state index is 1.12. The fraction of sp³-hybridized carbons (Fsp3) is 0.143. The zero-order chi connectivity index (χ0) is 11.3. The predicted octanol–water partition coefficient (Wildman–Crippen LogP) is 5.18. The van der Waals surface area contributed by atoms with Crippen molar-refractivity contribution in [3.05, 3.63) is 54.7 Å². The first-order valence-electron chi connectivity index (χ1n) is 5.25. The van der Waals surface area contributed by atoms with Crippen LogP contribution in [-0.2, 0) is 0 Å². The number of hydrogen-bond donors (Lipinski definition) is 0. The van der Waals surface area contributed by atoms with Crippen molar-refractivity contribution >= 4 is 34.5 Å². The van der Waals surface area contributed by atoms with E-state index in [0.29, 0.717) is 0 Å². The molecule has 0 nitrogen and oxygen atoms in total. The first-order chi connectivity index (χ1) is 7.66. The molecule has 1 aliphatic heterocycles. The number of aryl methyl sites for hydroxylation is 2. The first kappa shape index (κ1) is 11.0. The third-order valence-corrected chi connectivity index (χ3v) is 12.6. The molecule has 82 valence electrons. The van der Waals surface area contributed by atoms with Crippen LogP contribution in [-0.4, -0.2) is 0 Å². The second kappa shape index (κ2) is 3.98. The Morgan fingerprint density at radius 1 is 0.812 bits per heavy atom. The van der Waals surface area contributed by atoms with Crippen LogP contribution in [0.25, 0.3) is 11.1 Å². The Balaban J connectivity index is 2.30. The Bertz CT molecular complexity index is 521. The molecule has 0 atom stereocenters. The van der Waals surface area contributed by atoms with E-state index >= 15 is 0 Å². The molecular formula is C14H12I2. The normalized spacial score (nSPS) is 14.8. The van der Waals surface area contributed by atoms with Gasteiger partial charge in [-0.25, -0.2) is 0 Å². The fourth-order valence-corrected chi connectivity index (χ4v) is 10.7. The van der Waals surface area contributed by atoms with E-state index < -0.39 is 15.8 Å². The number of halogens is 2. The third-order valence-electron chi connectivity index (χ3n) is 2.90. The summed E-state index contributed by atoms with van der Waals surface area (Å²) in [4.78, 5) is 0. The molecule has 2 aromatic rings. The van der Waals surface area contributed by atoms with Gasteiger partial charge in [0.2, 0.25) is 0 Å². The third kappa shape index (κ3) is 1.61. The molecule has 0 N–H and O–H groups in total. The van der Waals surface area contributed by atoms with Gasteiger partial charge in [-0.2, -0.15) is 0 Å². The molecule has 0 fully saturated rings. The molecule has 0 bridgehead atoms. The predicted molar refractivity (Wildman–Crippen MR) is 86.8 cm³/mol. The Kier molecular flexibility index (Phi) is 2.74. The van der Waals surface area contributed by atoms with Crippen molar-refractivity contribution in [3.8, 4) is 11.1 Å². The standard InChI is InChI=1S/C14H12I2/c1-9-3-5-11-12-6-4-10(2)8-14(12)16(15)13(11)7-9/h3-8H,1-2H3. The molecule has 16 heavy (non-hydrogen) atoms. The van der Waals surface area contributed by atoms with E-state index in [1.54, 1.807) is 7.14 Å². The molecule has 0 aromatic heterocycles. The topological polar surface area (TPSA) is 0 Å². The average molecular weight is 434 g/mol. The molecule has 3 rings (SSSR count). The summed E-state index contributed by atoms with van der Waals surface area (Å²) in [6.45, 7) is 4.38. The quantitative estimate of drug-likeness (QED) is 0.502. The van der Waals surface area contributed by atoms with Crippen LogP contribution in [0.3, 0.4) is 0 Å². The monoisotopic (exact) mass is 434 g/mol. The second-order valence-corrected chi connectivity index (χ2v) is 13.4. The second-order valence-electron chi connectivity index (χ2n) is 4.20. The summed E-state index contributed by atoms with van der Waals surface area (Å²) in [6.07, 6.45) is 0. The Morgan fingerprint density at radius 3 is 1.69 bits per heavy atom. The van der Waals surface area contributed by atoms with Gasteiger partial charge in [0.15, 0.2) is 0 Å². The summed E-state index contributed by atoms with van der Waals surface area (Å²) in [7, 11) is 0. The van der Waals surface area contributed by atoms with Crippen molar-refractivity contribution in [2.45, 2.75) is 13.8 Å². The van der Waals surface area contributed by atoms with E-state index in [1.165, 1.54) is 22.3 Å². The average Bonchev–Trinajstić information content (AvgIpc) is 2.53. The van der Waals surface area contributed by atoms with Gasteiger partial charge in [0.1, 0.15) is 0 Å². The van der Waals surface area contributed by atoms with Crippen LogP contribution >= 0.6 is 34.5 Å². The summed E-state index contributed by atoms with van der Waals surface area (Å²) in [5.74, 6) is 0. The van der Waals surface area contributed by atoms with Crippen molar-refractivity contribution < 1.29 is 0 Å². The molecule has 1 aliphatic rings. The van der Waals surface area contributed by atoms with Gasteiger partial charge in [-0.05, 0) is 0 Å². The Morgan fingerprint density at radius 2 is 1.25 bits per heavy atom. The number of rotatable bonds is 0. The molecule has 1 heterocycles. The zero-order valence-corrected chi connectivity index (χ0v) is 13.5. The van der Waals surface area contributed by atoms with Crippen LogP contribution in [0.15, 0.2) is 36.4 Å². The fourth-order valence-electron chi connectivity index (χ4n) is 2.06. The SMILES string of the molecule is Cc1ccc2c(c1)I(I)c1cc(C)ccc1-2. The first-order valence-corrected chi connectivity index (χ1v) is 13.7. The zero-order valence-electron chi connectivity index (χ0n) is 9.22. The molecule has 0 aliphatic carbocycles. The minimum atomic E-state index is -1.12. The van der Waals surface area contributed by atoms with Gasteiger partial charge in [0, 0.05) is 0 Å². The number of benzene rings is 2.